The quantitative estimate of drug-likeness (QED) is 0.644. The smallest absolute Gasteiger partial charge is 0.133 e. The number of hydrogen-bond donors (Lipinski definition) is 0. The summed E-state index contributed by atoms with van der Waals surface area (Å²) in [7, 11) is 0. The molecule has 5 fully saturated rings. The summed E-state index contributed by atoms with van der Waals surface area (Å²) < 4.78 is 6.23. The molecule has 0 aromatic carbocycles. The van der Waals surface area contributed by atoms with Gasteiger partial charge in [-0.3, -0.25) is 4.79 Å². The fourth-order valence-electron chi connectivity index (χ4n) is 8.13. The van der Waals surface area contributed by atoms with E-state index in [9.17, 15) is 4.79 Å². The maximum Gasteiger partial charge on any atom is 0.133 e. The molecule has 1 saturated heterocycles. The summed E-state index contributed by atoms with van der Waals surface area (Å²) in [5, 5.41) is 0. The maximum absolute atomic E-state index is 12.0. The van der Waals surface area contributed by atoms with Crippen molar-refractivity contribution in [2.75, 3.05) is 6.61 Å². The van der Waals surface area contributed by atoms with Crippen molar-refractivity contribution in [3.8, 4) is 0 Å². The summed E-state index contributed by atoms with van der Waals surface area (Å²) in [5.74, 6) is 3.89. The van der Waals surface area contributed by atoms with Crippen LogP contribution in [-0.2, 0) is 9.53 Å². The zero-order chi connectivity index (χ0) is 15.9. The molecule has 5 rings (SSSR count). The molecule has 4 saturated carbocycles. The number of rotatable bonds is 0. The van der Waals surface area contributed by atoms with Crippen LogP contribution in [0.15, 0.2) is 0 Å². The molecule has 0 amide bonds. The van der Waals surface area contributed by atoms with E-state index in [1.807, 2.05) is 0 Å². The molecule has 7 atom stereocenters. The third-order valence-electron chi connectivity index (χ3n) is 9.66. The first-order valence-electron chi connectivity index (χ1n) is 10.1. The third kappa shape index (κ3) is 1.72. The number of carbonyl (C=O) groups excluding carboxylic acids is 1. The SMILES string of the molecule is C[C@]12CCC(=O)CC1CCC1C2CC[C@@]2(C)C1CC[C@]21CCO1. The third-order valence-corrected chi connectivity index (χ3v) is 9.66. The first-order chi connectivity index (χ1) is 11.0. The summed E-state index contributed by atoms with van der Waals surface area (Å²) in [4.78, 5) is 12.0. The van der Waals surface area contributed by atoms with Gasteiger partial charge in [0.25, 0.3) is 0 Å². The van der Waals surface area contributed by atoms with Gasteiger partial charge in [0.1, 0.15) is 5.78 Å². The van der Waals surface area contributed by atoms with Gasteiger partial charge in [0, 0.05) is 19.3 Å². The van der Waals surface area contributed by atoms with Crippen molar-refractivity contribution < 1.29 is 9.53 Å². The average Bonchev–Trinajstić information content (AvgIpc) is 2.81. The van der Waals surface area contributed by atoms with E-state index >= 15 is 0 Å². The molecular weight excluding hydrogens is 284 g/mol. The number of Topliss-reactive ketones (excluding diaryl/α,β-unsaturated/α-hetero) is 1. The summed E-state index contributed by atoms with van der Waals surface area (Å²) in [6.45, 7) is 6.12. The predicted molar refractivity (Wildman–Crippen MR) is 90.0 cm³/mol. The number of hydrogen-bond acceptors (Lipinski definition) is 2. The van der Waals surface area contributed by atoms with E-state index in [1.54, 1.807) is 0 Å². The topological polar surface area (TPSA) is 26.3 Å². The largest absolute Gasteiger partial charge is 0.374 e. The second kappa shape index (κ2) is 4.62. The Morgan fingerprint density at radius 1 is 0.957 bits per heavy atom. The van der Waals surface area contributed by atoms with E-state index in [0.29, 0.717) is 22.5 Å². The standard InChI is InChI=1S/C21H32O2/c1-19-8-5-15(22)13-14(19)3-4-16-17(19)6-9-20(2)18(16)7-10-21(20)11-12-23-21/h14,16-18H,3-13H2,1-2H3/t14?,16?,17?,18?,19-,20-,21-/m0/s1. The van der Waals surface area contributed by atoms with Crippen molar-refractivity contribution in [3.05, 3.63) is 0 Å². The Morgan fingerprint density at radius 2 is 1.74 bits per heavy atom. The molecule has 0 aromatic heterocycles. The normalized spacial score (nSPS) is 58.3. The van der Waals surface area contributed by atoms with Crippen molar-refractivity contribution >= 4 is 5.78 Å². The van der Waals surface area contributed by atoms with Gasteiger partial charge in [-0.25, -0.2) is 0 Å². The van der Waals surface area contributed by atoms with Crippen LogP contribution in [0.5, 0.6) is 0 Å². The molecular formula is C21H32O2. The highest BCUT2D eigenvalue weighted by Gasteiger charge is 2.66. The van der Waals surface area contributed by atoms with Gasteiger partial charge < -0.3 is 4.74 Å². The zero-order valence-electron chi connectivity index (χ0n) is 14.9. The fourth-order valence-corrected chi connectivity index (χ4v) is 8.13. The van der Waals surface area contributed by atoms with Gasteiger partial charge in [-0.2, -0.15) is 0 Å². The van der Waals surface area contributed by atoms with Gasteiger partial charge in [-0.05, 0) is 79.4 Å². The predicted octanol–water partition coefficient (Wildman–Crippen LogP) is 4.76. The molecule has 4 unspecified atom stereocenters. The second-order valence-electron chi connectivity index (χ2n) is 9.99. The van der Waals surface area contributed by atoms with Gasteiger partial charge in [0.05, 0.1) is 12.2 Å². The molecule has 128 valence electrons. The van der Waals surface area contributed by atoms with Crippen LogP contribution in [-0.4, -0.2) is 18.0 Å². The lowest BCUT2D eigenvalue weighted by molar-refractivity contribution is -0.231. The lowest BCUT2D eigenvalue weighted by Crippen LogP contribution is -2.60. The van der Waals surface area contributed by atoms with Crippen LogP contribution in [0, 0.1) is 34.5 Å². The maximum atomic E-state index is 12.0. The monoisotopic (exact) mass is 316 g/mol. The van der Waals surface area contributed by atoms with Gasteiger partial charge in [0.2, 0.25) is 0 Å². The fraction of sp³-hybridized carbons (Fsp3) is 0.952. The Kier molecular flexibility index (Phi) is 3.00. The summed E-state index contributed by atoms with van der Waals surface area (Å²) in [5.41, 5.74) is 1.15. The second-order valence-corrected chi connectivity index (χ2v) is 9.99. The lowest BCUT2D eigenvalue weighted by atomic mass is 9.44. The summed E-state index contributed by atoms with van der Waals surface area (Å²) >= 11 is 0. The zero-order valence-corrected chi connectivity index (χ0v) is 14.9. The van der Waals surface area contributed by atoms with Crippen molar-refractivity contribution in [1.29, 1.82) is 0 Å². The van der Waals surface area contributed by atoms with Crippen LogP contribution in [0.4, 0.5) is 0 Å². The van der Waals surface area contributed by atoms with Gasteiger partial charge in [0.15, 0.2) is 0 Å². The molecule has 23 heavy (non-hydrogen) atoms. The molecule has 1 aliphatic heterocycles. The van der Waals surface area contributed by atoms with E-state index in [0.717, 1.165) is 37.2 Å². The minimum Gasteiger partial charge on any atom is -0.374 e. The molecule has 4 aliphatic carbocycles. The van der Waals surface area contributed by atoms with E-state index in [2.05, 4.69) is 13.8 Å². The Labute approximate surface area is 140 Å². The van der Waals surface area contributed by atoms with Crippen molar-refractivity contribution in [1.82, 2.24) is 0 Å². The highest BCUT2D eigenvalue weighted by molar-refractivity contribution is 5.79. The number of fused-ring (bicyclic) bond motifs is 6. The van der Waals surface area contributed by atoms with Crippen molar-refractivity contribution in [2.45, 2.75) is 83.7 Å². The minimum atomic E-state index is 0.253. The van der Waals surface area contributed by atoms with Gasteiger partial charge >= 0.3 is 0 Å². The Balaban J connectivity index is 1.46. The van der Waals surface area contributed by atoms with Crippen LogP contribution in [0.1, 0.15) is 78.1 Å². The molecule has 0 aromatic rings. The lowest BCUT2D eigenvalue weighted by Gasteiger charge is -2.62. The van der Waals surface area contributed by atoms with Crippen LogP contribution >= 0.6 is 0 Å². The minimum absolute atomic E-state index is 0.253. The van der Waals surface area contributed by atoms with E-state index in [1.165, 1.54) is 51.4 Å². The molecule has 0 bridgehead atoms. The van der Waals surface area contributed by atoms with Gasteiger partial charge in [-0.1, -0.05) is 13.8 Å². The summed E-state index contributed by atoms with van der Waals surface area (Å²) in [6.07, 6.45) is 12.4. The highest BCUT2D eigenvalue weighted by Crippen LogP contribution is 2.70. The van der Waals surface area contributed by atoms with Crippen molar-refractivity contribution in [3.63, 3.8) is 0 Å². The van der Waals surface area contributed by atoms with E-state index < -0.39 is 0 Å². The van der Waals surface area contributed by atoms with Crippen LogP contribution in [0.2, 0.25) is 0 Å². The Hall–Kier alpha value is -0.370. The first kappa shape index (κ1) is 14.9. The highest BCUT2D eigenvalue weighted by atomic mass is 16.5. The van der Waals surface area contributed by atoms with Crippen molar-refractivity contribution in [2.24, 2.45) is 34.5 Å². The number of carbonyl (C=O) groups is 1. The van der Waals surface area contributed by atoms with E-state index in [-0.39, 0.29) is 5.60 Å². The molecule has 2 heteroatoms. The van der Waals surface area contributed by atoms with Crippen LogP contribution in [0.3, 0.4) is 0 Å². The summed E-state index contributed by atoms with van der Waals surface area (Å²) in [6, 6.07) is 0. The van der Waals surface area contributed by atoms with Gasteiger partial charge in [-0.15, -0.1) is 0 Å². The molecule has 0 N–H and O–H groups in total. The Bertz CT molecular complexity index is 536. The average molecular weight is 316 g/mol. The molecule has 0 radical (unpaired) electrons. The van der Waals surface area contributed by atoms with Crippen LogP contribution < -0.4 is 0 Å². The first-order valence-corrected chi connectivity index (χ1v) is 10.1. The van der Waals surface area contributed by atoms with Crippen LogP contribution in [0.25, 0.3) is 0 Å². The number of ketones is 1. The van der Waals surface area contributed by atoms with E-state index in [4.69, 9.17) is 4.74 Å². The molecule has 2 nitrogen and oxygen atoms in total. The number of ether oxygens (including phenoxy) is 1. The Morgan fingerprint density at radius 3 is 2.48 bits per heavy atom. The molecule has 1 heterocycles. The molecule has 5 aliphatic rings. The molecule has 1 spiro atoms.